The maximum atomic E-state index is 13.0. The van der Waals surface area contributed by atoms with E-state index in [4.69, 9.17) is 4.98 Å². The average Bonchev–Trinajstić information content (AvgIpc) is 3.19. The van der Waals surface area contributed by atoms with Crippen molar-refractivity contribution in [3.05, 3.63) is 63.8 Å². The number of hydrogen-bond donors (Lipinski definition) is 1. The summed E-state index contributed by atoms with van der Waals surface area (Å²) in [4.78, 5) is 34.3. The standard InChI is InChI=1S/C19H20N4O2/c1-12-9-10-13(18(24)20-12)19(25)23-11-5-8-16(23)17-21-14-6-3-4-7-15(14)22(17)2/h3-4,6-7,9-10,16H,5,8,11H2,1-2H3,(H,20,24). The van der Waals surface area contributed by atoms with Crippen LogP contribution in [0.1, 0.15) is 40.8 Å². The Kier molecular flexibility index (Phi) is 3.67. The summed E-state index contributed by atoms with van der Waals surface area (Å²) < 4.78 is 2.05. The zero-order valence-electron chi connectivity index (χ0n) is 14.3. The number of amides is 1. The van der Waals surface area contributed by atoms with E-state index in [2.05, 4.69) is 4.98 Å². The molecule has 2 aromatic heterocycles. The molecule has 128 valence electrons. The van der Waals surface area contributed by atoms with Crippen LogP contribution in [-0.4, -0.2) is 31.9 Å². The molecular formula is C19H20N4O2. The largest absolute Gasteiger partial charge is 0.329 e. The third-order valence-corrected chi connectivity index (χ3v) is 4.92. The lowest BCUT2D eigenvalue weighted by molar-refractivity contribution is 0.0726. The Balaban J connectivity index is 1.73. The number of imidazole rings is 1. The number of fused-ring (bicyclic) bond motifs is 1. The number of aromatic nitrogens is 3. The van der Waals surface area contributed by atoms with Crippen molar-refractivity contribution in [3.8, 4) is 0 Å². The summed E-state index contributed by atoms with van der Waals surface area (Å²) >= 11 is 0. The van der Waals surface area contributed by atoms with Gasteiger partial charge in [-0.1, -0.05) is 12.1 Å². The Morgan fingerprint density at radius 1 is 1.24 bits per heavy atom. The van der Waals surface area contributed by atoms with Crippen LogP contribution in [0.2, 0.25) is 0 Å². The molecule has 0 spiro atoms. The molecule has 6 nitrogen and oxygen atoms in total. The molecule has 1 unspecified atom stereocenters. The summed E-state index contributed by atoms with van der Waals surface area (Å²) in [7, 11) is 1.98. The van der Waals surface area contributed by atoms with Crippen molar-refractivity contribution in [2.45, 2.75) is 25.8 Å². The van der Waals surface area contributed by atoms with Crippen molar-refractivity contribution in [2.24, 2.45) is 7.05 Å². The van der Waals surface area contributed by atoms with Gasteiger partial charge in [0.2, 0.25) is 0 Å². The molecule has 4 rings (SSSR count). The van der Waals surface area contributed by atoms with E-state index >= 15 is 0 Å². The Morgan fingerprint density at radius 2 is 2.04 bits per heavy atom. The minimum absolute atomic E-state index is 0.106. The number of benzene rings is 1. The van der Waals surface area contributed by atoms with Crippen LogP contribution in [0, 0.1) is 6.92 Å². The van der Waals surface area contributed by atoms with Crippen molar-refractivity contribution in [1.82, 2.24) is 19.4 Å². The summed E-state index contributed by atoms with van der Waals surface area (Å²) in [5.41, 5.74) is 2.57. The molecule has 0 radical (unpaired) electrons. The number of nitrogens with zero attached hydrogens (tertiary/aromatic N) is 3. The fourth-order valence-corrected chi connectivity index (χ4v) is 3.64. The molecule has 1 atom stereocenters. The summed E-state index contributed by atoms with van der Waals surface area (Å²) in [6.07, 6.45) is 1.76. The molecular weight excluding hydrogens is 316 g/mol. The first kappa shape index (κ1) is 15.6. The van der Waals surface area contributed by atoms with E-state index in [1.165, 1.54) is 0 Å². The molecule has 0 aliphatic carbocycles. The van der Waals surface area contributed by atoms with Gasteiger partial charge in [-0.25, -0.2) is 4.98 Å². The topological polar surface area (TPSA) is 71.0 Å². The van der Waals surface area contributed by atoms with Gasteiger partial charge in [-0.15, -0.1) is 0 Å². The lowest BCUT2D eigenvalue weighted by atomic mass is 10.1. The second-order valence-corrected chi connectivity index (χ2v) is 6.56. The monoisotopic (exact) mass is 336 g/mol. The van der Waals surface area contributed by atoms with E-state index < -0.39 is 0 Å². The fourth-order valence-electron chi connectivity index (χ4n) is 3.64. The number of likely N-dealkylation sites (tertiary alicyclic amines) is 1. The van der Waals surface area contributed by atoms with E-state index in [9.17, 15) is 9.59 Å². The number of aromatic amines is 1. The van der Waals surface area contributed by atoms with Crippen LogP contribution in [0.5, 0.6) is 0 Å². The van der Waals surface area contributed by atoms with Gasteiger partial charge in [0.25, 0.3) is 11.5 Å². The van der Waals surface area contributed by atoms with Crippen molar-refractivity contribution < 1.29 is 4.79 Å². The van der Waals surface area contributed by atoms with Crippen molar-refractivity contribution in [3.63, 3.8) is 0 Å². The number of para-hydroxylation sites is 2. The van der Waals surface area contributed by atoms with Crippen LogP contribution in [-0.2, 0) is 7.05 Å². The zero-order valence-corrected chi connectivity index (χ0v) is 14.3. The lowest BCUT2D eigenvalue weighted by Gasteiger charge is -2.24. The normalized spacial score (nSPS) is 17.4. The molecule has 6 heteroatoms. The number of hydrogen-bond acceptors (Lipinski definition) is 3. The van der Waals surface area contributed by atoms with Crippen LogP contribution in [0.4, 0.5) is 0 Å². The molecule has 1 aromatic carbocycles. The van der Waals surface area contributed by atoms with E-state index in [1.54, 1.807) is 24.0 Å². The maximum absolute atomic E-state index is 13.0. The third kappa shape index (κ3) is 2.54. The van der Waals surface area contributed by atoms with Crippen LogP contribution < -0.4 is 5.56 Å². The lowest BCUT2D eigenvalue weighted by Crippen LogP contribution is -2.35. The minimum atomic E-state index is -0.333. The highest BCUT2D eigenvalue weighted by Crippen LogP contribution is 2.33. The molecule has 25 heavy (non-hydrogen) atoms. The number of aryl methyl sites for hydroxylation is 2. The summed E-state index contributed by atoms with van der Waals surface area (Å²) in [5.74, 6) is 0.645. The van der Waals surface area contributed by atoms with Crippen LogP contribution >= 0.6 is 0 Å². The summed E-state index contributed by atoms with van der Waals surface area (Å²) in [5, 5.41) is 0. The van der Waals surface area contributed by atoms with Gasteiger partial charge in [0.15, 0.2) is 0 Å². The Bertz CT molecular complexity index is 1020. The summed E-state index contributed by atoms with van der Waals surface area (Å²) in [6.45, 7) is 2.44. The predicted molar refractivity (Wildman–Crippen MR) is 95.5 cm³/mol. The average molecular weight is 336 g/mol. The van der Waals surface area contributed by atoms with Crippen molar-refractivity contribution >= 4 is 16.9 Å². The molecule has 0 saturated carbocycles. The predicted octanol–water partition coefficient (Wildman–Crippen LogP) is 2.55. The minimum Gasteiger partial charge on any atom is -0.329 e. The molecule has 1 saturated heterocycles. The Morgan fingerprint density at radius 3 is 2.80 bits per heavy atom. The molecule has 3 aromatic rings. The molecule has 1 aliphatic heterocycles. The van der Waals surface area contributed by atoms with Crippen LogP contribution in [0.25, 0.3) is 11.0 Å². The van der Waals surface area contributed by atoms with Gasteiger partial charge in [0, 0.05) is 19.3 Å². The number of rotatable bonds is 2. The Hall–Kier alpha value is -2.89. The van der Waals surface area contributed by atoms with Gasteiger partial charge in [-0.05, 0) is 44.0 Å². The van der Waals surface area contributed by atoms with Gasteiger partial charge >= 0.3 is 0 Å². The number of H-pyrrole nitrogens is 1. The third-order valence-electron chi connectivity index (χ3n) is 4.92. The van der Waals surface area contributed by atoms with Crippen molar-refractivity contribution in [2.75, 3.05) is 6.54 Å². The molecule has 1 fully saturated rings. The molecule has 1 N–H and O–H groups in total. The Labute approximate surface area is 145 Å². The van der Waals surface area contributed by atoms with Gasteiger partial charge in [-0.3, -0.25) is 9.59 Å². The second-order valence-electron chi connectivity index (χ2n) is 6.56. The first-order chi connectivity index (χ1) is 12.1. The molecule has 1 amide bonds. The van der Waals surface area contributed by atoms with Crippen molar-refractivity contribution in [1.29, 1.82) is 0 Å². The first-order valence-corrected chi connectivity index (χ1v) is 8.48. The van der Waals surface area contributed by atoms with E-state index in [1.807, 2.05) is 35.9 Å². The highest BCUT2D eigenvalue weighted by Gasteiger charge is 2.34. The quantitative estimate of drug-likeness (QED) is 0.782. The highest BCUT2D eigenvalue weighted by atomic mass is 16.2. The fraction of sp³-hybridized carbons (Fsp3) is 0.316. The summed E-state index contributed by atoms with van der Waals surface area (Å²) in [6, 6.07) is 11.2. The van der Waals surface area contributed by atoms with E-state index in [0.29, 0.717) is 6.54 Å². The smallest absolute Gasteiger partial charge is 0.260 e. The number of carbonyl (C=O) groups excluding carboxylic acids is 1. The maximum Gasteiger partial charge on any atom is 0.260 e. The van der Waals surface area contributed by atoms with Crippen LogP contribution in [0.15, 0.2) is 41.2 Å². The highest BCUT2D eigenvalue weighted by molar-refractivity contribution is 5.94. The molecule has 1 aliphatic rings. The van der Waals surface area contributed by atoms with Gasteiger partial charge in [-0.2, -0.15) is 0 Å². The molecule has 0 bridgehead atoms. The van der Waals surface area contributed by atoms with Gasteiger partial charge in [0.1, 0.15) is 11.4 Å². The second kappa shape index (κ2) is 5.88. The first-order valence-electron chi connectivity index (χ1n) is 8.48. The van der Waals surface area contributed by atoms with Crippen LogP contribution in [0.3, 0.4) is 0 Å². The van der Waals surface area contributed by atoms with Gasteiger partial charge < -0.3 is 14.5 Å². The van der Waals surface area contributed by atoms with E-state index in [-0.39, 0.29) is 23.1 Å². The number of pyridine rings is 1. The zero-order chi connectivity index (χ0) is 17.6. The number of nitrogens with one attached hydrogen (secondary N) is 1. The SMILES string of the molecule is Cc1ccc(C(=O)N2CCCC2c2nc3ccccc3n2C)c(=O)[nH]1. The van der Waals surface area contributed by atoms with E-state index in [0.717, 1.165) is 35.4 Å². The van der Waals surface area contributed by atoms with Gasteiger partial charge in [0.05, 0.1) is 17.1 Å². The number of carbonyl (C=O) groups is 1. The molecule has 3 heterocycles.